The van der Waals surface area contributed by atoms with Gasteiger partial charge in [-0.05, 0) is 11.6 Å². The molecule has 0 spiro atoms. The first kappa shape index (κ1) is 13.8. The summed E-state index contributed by atoms with van der Waals surface area (Å²) >= 11 is 0. The van der Waals surface area contributed by atoms with Crippen molar-refractivity contribution in [3.8, 4) is 0 Å². The summed E-state index contributed by atoms with van der Waals surface area (Å²) in [6, 6.07) is 10.3. The van der Waals surface area contributed by atoms with Crippen LogP contribution < -0.4 is 16.4 Å². The Hall–Kier alpha value is -2.63. The van der Waals surface area contributed by atoms with Crippen LogP contribution in [0.2, 0.25) is 0 Å². The van der Waals surface area contributed by atoms with Crippen LogP contribution in [0.5, 0.6) is 0 Å². The number of urea groups is 1. The largest absolute Gasteiger partial charge is 0.396 e. The lowest BCUT2D eigenvalue weighted by molar-refractivity contribution is 0.251. The van der Waals surface area contributed by atoms with Crippen molar-refractivity contribution in [3.63, 3.8) is 0 Å². The van der Waals surface area contributed by atoms with Gasteiger partial charge in [0.15, 0.2) is 0 Å². The summed E-state index contributed by atoms with van der Waals surface area (Å²) in [5.41, 5.74) is 5.82. The van der Waals surface area contributed by atoms with E-state index in [1.54, 1.807) is 0 Å². The van der Waals surface area contributed by atoms with Gasteiger partial charge in [0, 0.05) is 12.6 Å². The summed E-state index contributed by atoms with van der Waals surface area (Å²) in [4.78, 5) is 11.6. The van der Waals surface area contributed by atoms with Gasteiger partial charge in [-0.3, -0.25) is 0 Å². The first-order valence-corrected chi connectivity index (χ1v) is 5.89. The molecule has 4 N–H and O–H groups in total. The molecule has 0 aliphatic heterocycles. The maximum absolute atomic E-state index is 13.4. The lowest BCUT2D eigenvalue weighted by Crippen LogP contribution is -2.28. The fraction of sp³-hybridized carbons (Fsp3) is 0.0714. The molecule has 0 aromatic heterocycles. The lowest BCUT2D eigenvalue weighted by Gasteiger charge is -2.09. The Morgan fingerprint density at radius 3 is 2.50 bits per heavy atom. The number of halogens is 2. The monoisotopic (exact) mass is 277 g/mol. The number of rotatable bonds is 3. The Morgan fingerprint density at radius 2 is 1.80 bits per heavy atom. The number of benzene rings is 2. The lowest BCUT2D eigenvalue weighted by atomic mass is 10.2. The van der Waals surface area contributed by atoms with E-state index in [-0.39, 0.29) is 11.4 Å². The average molecular weight is 277 g/mol. The number of nitrogens with one attached hydrogen (secondary N) is 2. The summed E-state index contributed by atoms with van der Waals surface area (Å²) in [6.07, 6.45) is 0. The molecule has 0 heterocycles. The van der Waals surface area contributed by atoms with Crippen LogP contribution in [0.4, 0.5) is 25.0 Å². The SMILES string of the molecule is Nc1cc(NC(=O)NCc2ccccc2)c(F)cc1F. The minimum Gasteiger partial charge on any atom is -0.396 e. The molecule has 2 amide bonds. The topological polar surface area (TPSA) is 67.1 Å². The van der Waals surface area contributed by atoms with Crippen LogP contribution in [0.3, 0.4) is 0 Å². The molecule has 0 radical (unpaired) electrons. The maximum Gasteiger partial charge on any atom is 0.319 e. The third-order valence-corrected chi connectivity index (χ3v) is 2.63. The molecular weight excluding hydrogens is 264 g/mol. The van der Waals surface area contributed by atoms with Crippen LogP contribution in [-0.2, 0) is 6.54 Å². The van der Waals surface area contributed by atoms with E-state index >= 15 is 0 Å². The number of nitrogen functional groups attached to an aromatic ring is 1. The van der Waals surface area contributed by atoms with Crippen LogP contribution in [0.15, 0.2) is 42.5 Å². The number of carbonyl (C=O) groups excluding carboxylic acids is 1. The number of hydrogen-bond acceptors (Lipinski definition) is 2. The van der Waals surface area contributed by atoms with Gasteiger partial charge >= 0.3 is 6.03 Å². The first-order valence-electron chi connectivity index (χ1n) is 5.89. The van der Waals surface area contributed by atoms with Crippen LogP contribution in [-0.4, -0.2) is 6.03 Å². The molecule has 0 saturated carbocycles. The zero-order valence-electron chi connectivity index (χ0n) is 10.5. The number of nitrogens with two attached hydrogens (primary N) is 1. The number of amides is 2. The average Bonchev–Trinajstić information content (AvgIpc) is 2.44. The standard InChI is InChI=1S/C14H13F2N3O/c15-10-6-11(16)13(7-12(10)17)19-14(20)18-8-9-4-2-1-3-5-9/h1-7H,8,17H2,(H2,18,19,20). The highest BCUT2D eigenvalue weighted by Gasteiger charge is 2.10. The minimum absolute atomic E-state index is 0.172. The van der Waals surface area contributed by atoms with E-state index in [1.165, 1.54) is 0 Å². The molecule has 0 fully saturated rings. The molecule has 2 aromatic rings. The van der Waals surface area contributed by atoms with Gasteiger partial charge < -0.3 is 16.4 Å². The van der Waals surface area contributed by atoms with Gasteiger partial charge in [0.2, 0.25) is 0 Å². The van der Waals surface area contributed by atoms with Crippen LogP contribution in [0.1, 0.15) is 5.56 Å². The number of carbonyl (C=O) groups is 1. The molecule has 4 nitrogen and oxygen atoms in total. The Kier molecular flexibility index (Phi) is 4.14. The predicted octanol–water partition coefficient (Wildman–Crippen LogP) is 2.87. The molecule has 2 rings (SSSR count). The molecule has 0 unspecified atom stereocenters. The van der Waals surface area contributed by atoms with Crippen LogP contribution in [0, 0.1) is 11.6 Å². The van der Waals surface area contributed by atoms with Crippen molar-refractivity contribution in [1.29, 1.82) is 0 Å². The van der Waals surface area contributed by atoms with Crippen molar-refractivity contribution in [2.24, 2.45) is 0 Å². The van der Waals surface area contributed by atoms with Crippen molar-refractivity contribution < 1.29 is 13.6 Å². The smallest absolute Gasteiger partial charge is 0.319 e. The van der Waals surface area contributed by atoms with Gasteiger partial charge in [-0.25, -0.2) is 13.6 Å². The van der Waals surface area contributed by atoms with E-state index < -0.39 is 17.7 Å². The molecule has 0 atom stereocenters. The summed E-state index contributed by atoms with van der Waals surface area (Å²) in [7, 11) is 0. The van der Waals surface area contributed by atoms with Gasteiger partial charge in [-0.1, -0.05) is 30.3 Å². The van der Waals surface area contributed by atoms with E-state index in [2.05, 4.69) is 10.6 Å². The van der Waals surface area contributed by atoms with Crippen LogP contribution >= 0.6 is 0 Å². The third-order valence-electron chi connectivity index (χ3n) is 2.63. The number of hydrogen-bond donors (Lipinski definition) is 3. The van der Waals surface area contributed by atoms with Gasteiger partial charge in [0.1, 0.15) is 11.6 Å². The van der Waals surface area contributed by atoms with Gasteiger partial charge in [0.05, 0.1) is 11.4 Å². The van der Waals surface area contributed by atoms with Gasteiger partial charge in [-0.15, -0.1) is 0 Å². The molecule has 0 aliphatic rings. The van der Waals surface area contributed by atoms with Crippen molar-refractivity contribution in [2.45, 2.75) is 6.54 Å². The van der Waals surface area contributed by atoms with Crippen molar-refractivity contribution in [2.75, 3.05) is 11.1 Å². The highest BCUT2D eigenvalue weighted by molar-refractivity contribution is 5.89. The van der Waals surface area contributed by atoms with E-state index in [4.69, 9.17) is 5.73 Å². The van der Waals surface area contributed by atoms with Gasteiger partial charge in [0.25, 0.3) is 0 Å². The zero-order valence-corrected chi connectivity index (χ0v) is 10.5. The summed E-state index contributed by atoms with van der Waals surface area (Å²) in [6.45, 7) is 0.297. The van der Waals surface area contributed by atoms with E-state index in [0.717, 1.165) is 11.6 Å². The molecular formula is C14H13F2N3O. The van der Waals surface area contributed by atoms with Crippen molar-refractivity contribution >= 4 is 17.4 Å². The minimum atomic E-state index is -0.883. The normalized spacial score (nSPS) is 10.1. The fourth-order valence-corrected chi connectivity index (χ4v) is 1.61. The van der Waals surface area contributed by atoms with E-state index in [1.807, 2.05) is 30.3 Å². The highest BCUT2D eigenvalue weighted by atomic mass is 19.1. The molecule has 104 valence electrons. The highest BCUT2D eigenvalue weighted by Crippen LogP contribution is 2.20. The molecule has 6 heteroatoms. The second kappa shape index (κ2) is 6.01. The van der Waals surface area contributed by atoms with Crippen LogP contribution in [0.25, 0.3) is 0 Å². The molecule has 0 saturated heterocycles. The summed E-state index contributed by atoms with van der Waals surface area (Å²) < 4.78 is 26.4. The fourth-order valence-electron chi connectivity index (χ4n) is 1.61. The molecule has 20 heavy (non-hydrogen) atoms. The van der Waals surface area contributed by atoms with Crippen molar-refractivity contribution in [3.05, 3.63) is 59.7 Å². The Morgan fingerprint density at radius 1 is 1.10 bits per heavy atom. The second-order valence-electron chi connectivity index (χ2n) is 4.15. The van der Waals surface area contributed by atoms with E-state index in [0.29, 0.717) is 12.6 Å². The third kappa shape index (κ3) is 3.44. The Labute approximate surface area is 114 Å². The maximum atomic E-state index is 13.4. The summed E-state index contributed by atoms with van der Waals surface area (Å²) in [5, 5.41) is 4.83. The quantitative estimate of drug-likeness (QED) is 0.755. The second-order valence-corrected chi connectivity index (χ2v) is 4.15. The zero-order chi connectivity index (χ0) is 14.5. The Bertz CT molecular complexity index is 617. The van der Waals surface area contributed by atoms with E-state index in [9.17, 15) is 13.6 Å². The molecule has 0 bridgehead atoms. The molecule has 0 aliphatic carbocycles. The Balaban J connectivity index is 1.97. The predicted molar refractivity (Wildman–Crippen MR) is 73.1 cm³/mol. The first-order chi connectivity index (χ1) is 9.56. The summed E-state index contributed by atoms with van der Waals surface area (Å²) in [5.74, 6) is -1.75. The molecule has 2 aromatic carbocycles. The number of anilines is 2. The van der Waals surface area contributed by atoms with Gasteiger partial charge in [-0.2, -0.15) is 0 Å². The van der Waals surface area contributed by atoms with Crippen molar-refractivity contribution in [1.82, 2.24) is 5.32 Å².